The van der Waals surface area contributed by atoms with Crippen LogP contribution in [0.5, 0.6) is 0 Å². The van der Waals surface area contributed by atoms with Gasteiger partial charge in [-0.2, -0.15) is 0 Å². The molecule has 0 radical (unpaired) electrons. The summed E-state index contributed by atoms with van der Waals surface area (Å²) < 4.78 is 0. The van der Waals surface area contributed by atoms with E-state index in [1.54, 1.807) is 0 Å². The second kappa shape index (κ2) is 4.14. The third-order valence-electron chi connectivity index (χ3n) is 1.30. The third kappa shape index (κ3) is 2.72. The zero-order valence-corrected chi connectivity index (χ0v) is 7.17. The highest BCUT2D eigenvalue weighted by atomic mass is 35.5. The number of hydrogen-bond donors (Lipinski definition) is 0. The molecule has 1 rings (SSSR count). The van der Waals surface area contributed by atoms with Crippen LogP contribution in [0.2, 0.25) is 0 Å². The highest BCUT2D eigenvalue weighted by Gasteiger charge is 1.89. The minimum Gasteiger partial charge on any atom is -0.241 e. The van der Waals surface area contributed by atoms with Gasteiger partial charge >= 0.3 is 0 Å². The average molecular weight is 168 g/mol. The number of halogens is 1. The van der Waals surface area contributed by atoms with Crippen LogP contribution in [0.15, 0.2) is 35.3 Å². The van der Waals surface area contributed by atoms with Crippen molar-refractivity contribution in [2.45, 2.75) is 13.3 Å². The van der Waals surface area contributed by atoms with Crippen LogP contribution in [0, 0.1) is 0 Å². The second-order valence-electron chi connectivity index (χ2n) is 2.18. The topological polar surface area (TPSA) is 12.4 Å². The van der Waals surface area contributed by atoms with Crippen molar-refractivity contribution in [1.82, 2.24) is 0 Å². The highest BCUT2D eigenvalue weighted by molar-refractivity contribution is 6.65. The van der Waals surface area contributed by atoms with Gasteiger partial charge in [0.15, 0.2) is 0 Å². The quantitative estimate of drug-likeness (QED) is 0.599. The van der Waals surface area contributed by atoms with Gasteiger partial charge in [-0.05, 0) is 18.6 Å². The molecule has 0 saturated heterocycles. The maximum absolute atomic E-state index is 5.75. The first-order valence-corrected chi connectivity index (χ1v) is 3.99. The fraction of sp³-hybridized carbons (Fsp3) is 0.222. The normalized spacial score (nSPS) is 11.6. The van der Waals surface area contributed by atoms with Crippen molar-refractivity contribution in [3.63, 3.8) is 0 Å². The van der Waals surface area contributed by atoms with Gasteiger partial charge in [0.2, 0.25) is 0 Å². The number of para-hydroxylation sites is 1. The van der Waals surface area contributed by atoms with Crippen molar-refractivity contribution >= 4 is 22.5 Å². The molecule has 1 aromatic carbocycles. The fourth-order valence-electron chi connectivity index (χ4n) is 0.722. The molecular formula is C9H10ClN. The SMILES string of the molecule is CCC(Cl)=Nc1ccccc1. The minimum absolute atomic E-state index is 0.649. The van der Waals surface area contributed by atoms with E-state index < -0.39 is 0 Å². The Hall–Kier alpha value is -0.820. The largest absolute Gasteiger partial charge is 0.241 e. The van der Waals surface area contributed by atoms with Gasteiger partial charge in [-0.3, -0.25) is 0 Å². The van der Waals surface area contributed by atoms with Gasteiger partial charge in [0.25, 0.3) is 0 Å². The standard InChI is InChI=1S/C9H10ClN/c1-2-9(10)11-8-6-4-3-5-7-8/h3-7H,2H2,1H3. The molecule has 0 bridgehead atoms. The molecule has 0 unspecified atom stereocenters. The van der Waals surface area contributed by atoms with Crippen LogP contribution in [0.3, 0.4) is 0 Å². The molecule has 0 aliphatic rings. The number of benzene rings is 1. The minimum atomic E-state index is 0.649. The molecule has 2 heteroatoms. The second-order valence-corrected chi connectivity index (χ2v) is 2.61. The lowest BCUT2D eigenvalue weighted by Gasteiger charge is -1.92. The van der Waals surface area contributed by atoms with E-state index in [9.17, 15) is 0 Å². The third-order valence-corrected chi connectivity index (χ3v) is 1.65. The van der Waals surface area contributed by atoms with Crippen molar-refractivity contribution in [3.8, 4) is 0 Å². The molecule has 0 fully saturated rings. The first-order chi connectivity index (χ1) is 5.33. The van der Waals surface area contributed by atoms with Crippen LogP contribution in [-0.2, 0) is 0 Å². The summed E-state index contributed by atoms with van der Waals surface area (Å²) in [6.45, 7) is 1.98. The van der Waals surface area contributed by atoms with E-state index >= 15 is 0 Å². The number of rotatable bonds is 2. The Labute approximate surface area is 71.7 Å². The zero-order valence-electron chi connectivity index (χ0n) is 6.42. The van der Waals surface area contributed by atoms with E-state index in [0.717, 1.165) is 12.1 Å². The van der Waals surface area contributed by atoms with Crippen LogP contribution >= 0.6 is 11.6 Å². The van der Waals surface area contributed by atoms with E-state index in [1.165, 1.54) is 0 Å². The number of nitrogens with zero attached hydrogens (tertiary/aromatic N) is 1. The molecule has 58 valence electrons. The number of aliphatic imine (C=N–C) groups is 1. The van der Waals surface area contributed by atoms with Gasteiger partial charge < -0.3 is 0 Å². The molecule has 0 N–H and O–H groups in total. The molecular weight excluding hydrogens is 158 g/mol. The molecule has 11 heavy (non-hydrogen) atoms. The molecule has 0 aliphatic carbocycles. The van der Waals surface area contributed by atoms with E-state index in [2.05, 4.69) is 4.99 Å². The van der Waals surface area contributed by atoms with Gasteiger partial charge in [0, 0.05) is 0 Å². The summed E-state index contributed by atoms with van der Waals surface area (Å²) in [4.78, 5) is 4.16. The summed E-state index contributed by atoms with van der Waals surface area (Å²) >= 11 is 5.75. The van der Waals surface area contributed by atoms with Crippen molar-refractivity contribution in [3.05, 3.63) is 30.3 Å². The smallest absolute Gasteiger partial charge is 0.106 e. The highest BCUT2D eigenvalue weighted by Crippen LogP contribution is 2.11. The predicted molar refractivity (Wildman–Crippen MR) is 49.7 cm³/mol. The molecule has 1 nitrogen and oxygen atoms in total. The van der Waals surface area contributed by atoms with Crippen molar-refractivity contribution < 1.29 is 0 Å². The monoisotopic (exact) mass is 167 g/mol. The average Bonchev–Trinajstić information content (AvgIpc) is 2.06. The predicted octanol–water partition coefficient (Wildman–Crippen LogP) is 3.37. The van der Waals surface area contributed by atoms with Crippen molar-refractivity contribution in [2.75, 3.05) is 0 Å². The Bertz CT molecular complexity index is 241. The molecule has 0 aromatic heterocycles. The Kier molecular flexibility index (Phi) is 3.12. The Morgan fingerprint density at radius 1 is 1.36 bits per heavy atom. The molecule has 0 amide bonds. The molecule has 1 aromatic rings. The maximum atomic E-state index is 5.75. The Morgan fingerprint density at radius 3 is 2.55 bits per heavy atom. The lowest BCUT2D eigenvalue weighted by molar-refractivity contribution is 1.30. The lowest BCUT2D eigenvalue weighted by Crippen LogP contribution is -1.79. The van der Waals surface area contributed by atoms with Crippen LogP contribution in [-0.4, -0.2) is 5.17 Å². The summed E-state index contributed by atoms with van der Waals surface area (Å²) in [5.41, 5.74) is 0.916. The van der Waals surface area contributed by atoms with Gasteiger partial charge in [-0.25, -0.2) is 4.99 Å². The number of hydrogen-bond acceptors (Lipinski definition) is 1. The van der Waals surface area contributed by atoms with Crippen LogP contribution in [0.25, 0.3) is 0 Å². The summed E-state index contributed by atoms with van der Waals surface area (Å²) in [5.74, 6) is 0. The fourth-order valence-corrected chi connectivity index (χ4v) is 0.819. The van der Waals surface area contributed by atoms with Gasteiger partial charge in [0.1, 0.15) is 5.17 Å². The Morgan fingerprint density at radius 2 is 2.00 bits per heavy atom. The van der Waals surface area contributed by atoms with E-state index in [4.69, 9.17) is 11.6 Å². The van der Waals surface area contributed by atoms with Crippen LogP contribution < -0.4 is 0 Å². The first-order valence-electron chi connectivity index (χ1n) is 3.61. The molecule has 0 atom stereocenters. The van der Waals surface area contributed by atoms with E-state index in [0.29, 0.717) is 5.17 Å². The molecule has 0 heterocycles. The summed E-state index contributed by atoms with van der Waals surface area (Å²) in [6, 6.07) is 9.70. The van der Waals surface area contributed by atoms with Gasteiger partial charge in [-0.1, -0.05) is 36.7 Å². The van der Waals surface area contributed by atoms with Crippen LogP contribution in [0.4, 0.5) is 5.69 Å². The summed E-state index contributed by atoms with van der Waals surface area (Å²) in [6.07, 6.45) is 0.788. The maximum Gasteiger partial charge on any atom is 0.106 e. The first kappa shape index (κ1) is 8.28. The molecule has 0 spiro atoms. The Balaban J connectivity index is 2.79. The molecule has 0 aliphatic heterocycles. The van der Waals surface area contributed by atoms with E-state index in [-0.39, 0.29) is 0 Å². The van der Waals surface area contributed by atoms with Crippen LogP contribution in [0.1, 0.15) is 13.3 Å². The van der Waals surface area contributed by atoms with Crippen molar-refractivity contribution in [2.24, 2.45) is 4.99 Å². The molecule has 0 saturated carbocycles. The van der Waals surface area contributed by atoms with Gasteiger partial charge in [-0.15, -0.1) is 0 Å². The summed E-state index contributed by atoms with van der Waals surface area (Å²) in [5, 5.41) is 0.649. The van der Waals surface area contributed by atoms with E-state index in [1.807, 2.05) is 37.3 Å². The zero-order chi connectivity index (χ0) is 8.10. The summed E-state index contributed by atoms with van der Waals surface area (Å²) in [7, 11) is 0. The van der Waals surface area contributed by atoms with Crippen molar-refractivity contribution in [1.29, 1.82) is 0 Å². The lowest BCUT2D eigenvalue weighted by atomic mass is 10.3. The van der Waals surface area contributed by atoms with Gasteiger partial charge in [0.05, 0.1) is 5.69 Å².